The number of ether oxygens (including phenoxy) is 3. The average molecular weight is 390 g/mol. The van der Waals surface area contributed by atoms with Crippen LogP contribution in [0.2, 0.25) is 5.02 Å². The van der Waals surface area contributed by atoms with Crippen LogP contribution in [0, 0.1) is 6.92 Å². The zero-order valence-electron chi connectivity index (χ0n) is 11.6. The molecule has 21 heavy (non-hydrogen) atoms. The second kappa shape index (κ2) is 6.26. The summed E-state index contributed by atoms with van der Waals surface area (Å²) in [7, 11) is 1.61. The molecule has 1 aromatic carbocycles. The number of thiophene rings is 1. The highest BCUT2D eigenvalue weighted by molar-refractivity contribution is 9.10. The van der Waals surface area contributed by atoms with E-state index in [0.29, 0.717) is 24.0 Å². The molecule has 3 nitrogen and oxygen atoms in total. The second-order valence-corrected chi connectivity index (χ2v) is 6.91. The first kappa shape index (κ1) is 15.3. The Labute approximate surface area is 140 Å². The molecule has 0 amide bonds. The van der Waals surface area contributed by atoms with Crippen LogP contribution >= 0.6 is 38.9 Å². The molecule has 2 aromatic rings. The van der Waals surface area contributed by atoms with Crippen molar-refractivity contribution in [1.29, 1.82) is 0 Å². The topological polar surface area (TPSA) is 27.7 Å². The maximum atomic E-state index is 6.22. The van der Waals surface area contributed by atoms with E-state index in [-0.39, 0.29) is 6.29 Å². The van der Waals surface area contributed by atoms with Crippen LogP contribution in [-0.2, 0) is 9.47 Å². The van der Waals surface area contributed by atoms with Crippen LogP contribution in [0.3, 0.4) is 0 Å². The maximum Gasteiger partial charge on any atom is 0.194 e. The third kappa shape index (κ3) is 2.85. The van der Waals surface area contributed by atoms with E-state index < -0.39 is 0 Å². The van der Waals surface area contributed by atoms with E-state index in [1.807, 2.05) is 18.2 Å². The van der Waals surface area contributed by atoms with Crippen LogP contribution in [0.1, 0.15) is 16.7 Å². The molecule has 0 bridgehead atoms. The van der Waals surface area contributed by atoms with Crippen molar-refractivity contribution < 1.29 is 14.2 Å². The number of halogens is 2. The van der Waals surface area contributed by atoms with Crippen LogP contribution in [0.15, 0.2) is 22.7 Å². The van der Waals surface area contributed by atoms with Crippen LogP contribution in [0.25, 0.3) is 10.4 Å². The summed E-state index contributed by atoms with van der Waals surface area (Å²) in [6, 6.07) is 5.81. The van der Waals surface area contributed by atoms with Gasteiger partial charge in [0.1, 0.15) is 5.75 Å². The predicted octanol–water partition coefficient (Wildman–Crippen LogP) is 5.19. The summed E-state index contributed by atoms with van der Waals surface area (Å²) < 4.78 is 17.4. The molecule has 112 valence electrons. The van der Waals surface area contributed by atoms with E-state index >= 15 is 0 Å². The van der Waals surface area contributed by atoms with Crippen LogP contribution < -0.4 is 4.74 Å². The van der Waals surface area contributed by atoms with E-state index in [1.165, 1.54) is 0 Å². The molecule has 0 unspecified atom stereocenters. The Morgan fingerprint density at radius 1 is 1.33 bits per heavy atom. The van der Waals surface area contributed by atoms with E-state index in [2.05, 4.69) is 22.9 Å². The minimum absolute atomic E-state index is 0.273. The van der Waals surface area contributed by atoms with E-state index in [9.17, 15) is 0 Å². The monoisotopic (exact) mass is 388 g/mol. The van der Waals surface area contributed by atoms with E-state index in [4.69, 9.17) is 25.8 Å². The fraction of sp³-hybridized carbons (Fsp3) is 0.333. The summed E-state index contributed by atoms with van der Waals surface area (Å²) in [5.41, 5.74) is 2.23. The number of methoxy groups -OCH3 is 1. The van der Waals surface area contributed by atoms with Gasteiger partial charge in [0.2, 0.25) is 0 Å². The lowest BCUT2D eigenvalue weighted by Crippen LogP contribution is -1.95. The van der Waals surface area contributed by atoms with Gasteiger partial charge in [0.15, 0.2) is 6.29 Å². The summed E-state index contributed by atoms with van der Waals surface area (Å²) in [6.45, 7) is 3.35. The smallest absolute Gasteiger partial charge is 0.194 e. The SMILES string of the molecule is COc1ccc(-c2sc(C3OCCO3)c(Br)c2C)cc1Cl. The van der Waals surface area contributed by atoms with Crippen LogP contribution in [0.4, 0.5) is 0 Å². The summed E-state index contributed by atoms with van der Waals surface area (Å²) in [4.78, 5) is 2.22. The standard InChI is InChI=1S/C15H14BrClO3S/c1-8-12(16)14(15-19-5-6-20-15)21-13(8)9-3-4-11(18-2)10(17)7-9/h3-4,7,15H,5-6H2,1-2H3. The quantitative estimate of drug-likeness (QED) is 0.722. The van der Waals surface area contributed by atoms with Gasteiger partial charge in [-0.3, -0.25) is 0 Å². The Kier molecular flexibility index (Phi) is 4.57. The molecule has 1 fully saturated rings. The first-order valence-corrected chi connectivity index (χ1v) is 8.46. The number of hydrogen-bond acceptors (Lipinski definition) is 4. The van der Waals surface area contributed by atoms with Crippen molar-refractivity contribution in [3.63, 3.8) is 0 Å². The van der Waals surface area contributed by atoms with Gasteiger partial charge < -0.3 is 14.2 Å². The Bertz CT molecular complexity index is 665. The van der Waals surface area contributed by atoms with Crippen molar-refractivity contribution in [3.05, 3.63) is 38.1 Å². The molecule has 0 radical (unpaired) electrons. The Morgan fingerprint density at radius 2 is 2.05 bits per heavy atom. The van der Waals surface area contributed by atoms with Gasteiger partial charge in [-0.05, 0) is 52.2 Å². The zero-order valence-corrected chi connectivity index (χ0v) is 14.8. The van der Waals surface area contributed by atoms with Gasteiger partial charge in [0.25, 0.3) is 0 Å². The van der Waals surface area contributed by atoms with Gasteiger partial charge in [0.05, 0.1) is 30.2 Å². The van der Waals surface area contributed by atoms with Crippen molar-refractivity contribution in [2.45, 2.75) is 13.2 Å². The normalized spacial score (nSPS) is 15.6. The molecule has 0 aliphatic carbocycles. The minimum atomic E-state index is -0.273. The number of benzene rings is 1. The van der Waals surface area contributed by atoms with Crippen molar-refractivity contribution in [3.8, 4) is 16.2 Å². The van der Waals surface area contributed by atoms with Crippen molar-refractivity contribution in [2.24, 2.45) is 0 Å². The number of hydrogen-bond donors (Lipinski definition) is 0. The molecule has 1 aromatic heterocycles. The first-order chi connectivity index (χ1) is 10.1. The molecule has 1 saturated heterocycles. The minimum Gasteiger partial charge on any atom is -0.495 e. The van der Waals surface area contributed by atoms with E-state index in [0.717, 1.165) is 25.4 Å². The Hall–Kier alpha value is -0.590. The van der Waals surface area contributed by atoms with Crippen molar-refractivity contribution >= 4 is 38.9 Å². The fourth-order valence-electron chi connectivity index (χ4n) is 2.26. The molecular formula is C15H14BrClO3S. The molecule has 6 heteroatoms. The van der Waals surface area contributed by atoms with Crippen LogP contribution in [0.5, 0.6) is 5.75 Å². The Morgan fingerprint density at radius 3 is 2.67 bits per heavy atom. The maximum absolute atomic E-state index is 6.22. The fourth-order valence-corrected chi connectivity index (χ4v) is 4.47. The highest BCUT2D eigenvalue weighted by Gasteiger charge is 2.26. The number of rotatable bonds is 3. The summed E-state index contributed by atoms with van der Waals surface area (Å²) in [6.07, 6.45) is -0.273. The zero-order chi connectivity index (χ0) is 15.0. The summed E-state index contributed by atoms with van der Waals surface area (Å²) in [5.74, 6) is 0.677. The molecule has 1 aliphatic rings. The third-order valence-corrected chi connectivity index (χ3v) is 6.29. The highest BCUT2D eigenvalue weighted by Crippen LogP contribution is 2.45. The first-order valence-electron chi connectivity index (χ1n) is 6.47. The predicted molar refractivity (Wildman–Crippen MR) is 88.4 cm³/mol. The van der Waals surface area contributed by atoms with Crippen LogP contribution in [-0.4, -0.2) is 20.3 Å². The van der Waals surface area contributed by atoms with Gasteiger partial charge in [-0.2, -0.15) is 0 Å². The lowest BCUT2D eigenvalue weighted by atomic mass is 10.1. The molecule has 0 N–H and O–H groups in total. The van der Waals surface area contributed by atoms with Gasteiger partial charge in [-0.25, -0.2) is 0 Å². The third-order valence-electron chi connectivity index (χ3n) is 3.35. The van der Waals surface area contributed by atoms with E-state index in [1.54, 1.807) is 18.4 Å². The van der Waals surface area contributed by atoms with Crippen molar-refractivity contribution in [2.75, 3.05) is 20.3 Å². The largest absolute Gasteiger partial charge is 0.495 e. The molecule has 0 spiro atoms. The van der Waals surface area contributed by atoms with Gasteiger partial charge in [0, 0.05) is 9.35 Å². The molecule has 3 rings (SSSR count). The molecule has 0 saturated carbocycles. The molecular weight excluding hydrogens is 376 g/mol. The van der Waals surface area contributed by atoms with Crippen molar-refractivity contribution in [1.82, 2.24) is 0 Å². The van der Waals surface area contributed by atoms with Gasteiger partial charge in [-0.15, -0.1) is 11.3 Å². The lowest BCUT2D eigenvalue weighted by molar-refractivity contribution is -0.0418. The summed E-state index contributed by atoms with van der Waals surface area (Å²) in [5, 5.41) is 0.605. The molecule has 0 atom stereocenters. The molecule has 1 aliphatic heterocycles. The van der Waals surface area contributed by atoms with Gasteiger partial charge >= 0.3 is 0 Å². The Balaban J connectivity index is 2.02. The highest BCUT2D eigenvalue weighted by atomic mass is 79.9. The summed E-state index contributed by atoms with van der Waals surface area (Å²) >= 11 is 11.5. The molecule has 2 heterocycles. The average Bonchev–Trinajstić information content (AvgIpc) is 3.09. The lowest BCUT2D eigenvalue weighted by Gasteiger charge is -2.06. The second-order valence-electron chi connectivity index (χ2n) is 4.66. The van der Waals surface area contributed by atoms with Gasteiger partial charge in [-0.1, -0.05) is 11.6 Å².